The summed E-state index contributed by atoms with van der Waals surface area (Å²) in [5, 5.41) is 4.23. The number of pyridine rings is 2. The van der Waals surface area contributed by atoms with E-state index in [-0.39, 0.29) is 18.0 Å². The molecule has 0 amide bonds. The minimum atomic E-state index is -0.401. The van der Waals surface area contributed by atoms with E-state index in [9.17, 15) is 4.79 Å². The van der Waals surface area contributed by atoms with Crippen LogP contribution in [0.3, 0.4) is 0 Å². The molecule has 0 aliphatic rings. The number of carbonyl (C=O) groups is 1. The molecular weight excluding hydrogens is 338 g/mol. The van der Waals surface area contributed by atoms with Crippen LogP contribution in [-0.2, 0) is 0 Å². The second-order valence-electron chi connectivity index (χ2n) is 6.15. The van der Waals surface area contributed by atoms with Crippen molar-refractivity contribution in [1.29, 1.82) is 0 Å². The number of nitrogens with two attached hydrogens (primary N) is 1. The molecule has 0 aliphatic heterocycles. The minimum absolute atomic E-state index is 0.00783. The van der Waals surface area contributed by atoms with Crippen LogP contribution in [0, 0.1) is 6.92 Å². The first-order chi connectivity index (χ1) is 13.1. The van der Waals surface area contributed by atoms with Crippen molar-refractivity contribution in [3.05, 3.63) is 95.6 Å². The molecule has 0 saturated heterocycles. The molecular formula is C21H21N5O. The van der Waals surface area contributed by atoms with E-state index < -0.39 is 6.04 Å². The van der Waals surface area contributed by atoms with Crippen molar-refractivity contribution >= 4 is 11.6 Å². The number of benzene rings is 1. The van der Waals surface area contributed by atoms with Crippen molar-refractivity contribution in [2.75, 3.05) is 0 Å². The highest BCUT2D eigenvalue weighted by atomic mass is 16.1. The molecule has 1 aromatic carbocycles. The van der Waals surface area contributed by atoms with Crippen LogP contribution in [0.1, 0.15) is 39.8 Å². The molecule has 6 heteroatoms. The van der Waals surface area contributed by atoms with Gasteiger partial charge >= 0.3 is 0 Å². The number of Topliss-reactive ketones (excluding diaryl/α,β-unsaturated/α-hetero) is 1. The Morgan fingerprint density at radius 1 is 1.07 bits per heavy atom. The van der Waals surface area contributed by atoms with Gasteiger partial charge in [0.15, 0.2) is 11.6 Å². The number of aryl methyl sites for hydroxylation is 1. The average molecular weight is 359 g/mol. The lowest BCUT2D eigenvalue weighted by Gasteiger charge is -2.16. The Morgan fingerprint density at radius 2 is 1.85 bits per heavy atom. The molecule has 27 heavy (non-hydrogen) atoms. The highest BCUT2D eigenvalue weighted by molar-refractivity contribution is 5.97. The summed E-state index contributed by atoms with van der Waals surface area (Å²) in [6, 6.07) is 18.1. The van der Waals surface area contributed by atoms with Gasteiger partial charge in [0, 0.05) is 24.4 Å². The number of nitrogens with one attached hydrogen (secondary N) is 1. The van der Waals surface area contributed by atoms with Crippen LogP contribution in [0.25, 0.3) is 0 Å². The third-order valence-corrected chi connectivity index (χ3v) is 4.04. The maximum Gasteiger partial charge on any atom is 0.169 e. The van der Waals surface area contributed by atoms with Crippen LogP contribution in [0.5, 0.6) is 0 Å². The molecule has 2 aromatic heterocycles. The van der Waals surface area contributed by atoms with Crippen molar-refractivity contribution in [3.8, 4) is 0 Å². The van der Waals surface area contributed by atoms with Gasteiger partial charge in [-0.2, -0.15) is 5.10 Å². The van der Waals surface area contributed by atoms with Crippen molar-refractivity contribution in [1.82, 2.24) is 15.4 Å². The zero-order valence-electron chi connectivity index (χ0n) is 15.0. The van der Waals surface area contributed by atoms with Crippen LogP contribution in [0.2, 0.25) is 0 Å². The van der Waals surface area contributed by atoms with Gasteiger partial charge < -0.3 is 5.73 Å². The highest BCUT2D eigenvalue weighted by Crippen LogP contribution is 2.18. The second kappa shape index (κ2) is 8.71. The predicted octanol–water partition coefficient (Wildman–Crippen LogP) is 3.01. The average Bonchev–Trinajstić information content (AvgIpc) is 2.72. The summed E-state index contributed by atoms with van der Waals surface area (Å²) in [5.41, 5.74) is 12.0. The monoisotopic (exact) mass is 359 g/mol. The van der Waals surface area contributed by atoms with Crippen LogP contribution < -0.4 is 11.2 Å². The quantitative estimate of drug-likeness (QED) is 0.293. The maximum atomic E-state index is 12.7. The largest absolute Gasteiger partial charge is 0.380 e. The number of carbonyl (C=O) groups excluding carboxylic acids is 1. The van der Waals surface area contributed by atoms with Gasteiger partial charge in [0.25, 0.3) is 0 Å². The first kappa shape index (κ1) is 18.3. The molecule has 3 aromatic rings. The van der Waals surface area contributed by atoms with E-state index in [1.807, 2.05) is 55.5 Å². The molecule has 136 valence electrons. The van der Waals surface area contributed by atoms with Gasteiger partial charge in [-0.1, -0.05) is 35.9 Å². The molecule has 0 saturated carbocycles. The topological polar surface area (TPSA) is 93.3 Å². The van der Waals surface area contributed by atoms with E-state index in [0.29, 0.717) is 11.3 Å². The van der Waals surface area contributed by atoms with Gasteiger partial charge in [-0.25, -0.2) is 0 Å². The lowest BCUT2D eigenvalue weighted by Crippen LogP contribution is -2.25. The Labute approximate surface area is 158 Å². The molecule has 2 heterocycles. The number of hydrogen-bond donors (Lipinski definition) is 2. The Kier molecular flexibility index (Phi) is 5.89. The number of ketones is 1. The summed E-state index contributed by atoms with van der Waals surface area (Å²) in [5.74, 6) is 0.257. The number of aromatic nitrogens is 2. The van der Waals surface area contributed by atoms with Gasteiger partial charge in [-0.15, -0.1) is 0 Å². The summed E-state index contributed by atoms with van der Waals surface area (Å²) < 4.78 is 0. The van der Waals surface area contributed by atoms with Crippen molar-refractivity contribution in [3.63, 3.8) is 0 Å². The standard InChI is InChI=1S/C21H21N5O/c1-15-7-6-8-16(13-15)20(27)14-19(17-9-2-4-11-23-17)25-26-21(22)18-10-3-5-12-24-18/h2-13,19,25H,14H2,1H3,(H2,22,26). The minimum Gasteiger partial charge on any atom is -0.380 e. The summed E-state index contributed by atoms with van der Waals surface area (Å²) in [6.45, 7) is 1.96. The van der Waals surface area contributed by atoms with Gasteiger partial charge in [-0.3, -0.25) is 20.2 Å². The number of hydrogen-bond acceptors (Lipinski definition) is 5. The van der Waals surface area contributed by atoms with Gasteiger partial charge in [-0.05, 0) is 37.3 Å². The van der Waals surface area contributed by atoms with Crippen molar-refractivity contribution < 1.29 is 4.79 Å². The molecule has 0 fully saturated rings. The number of rotatable bonds is 7. The second-order valence-corrected chi connectivity index (χ2v) is 6.15. The lowest BCUT2D eigenvalue weighted by molar-refractivity contribution is 0.0968. The summed E-state index contributed by atoms with van der Waals surface area (Å²) in [7, 11) is 0. The summed E-state index contributed by atoms with van der Waals surface area (Å²) >= 11 is 0. The van der Waals surface area contributed by atoms with Crippen LogP contribution in [0.15, 0.2) is 78.2 Å². The molecule has 0 radical (unpaired) electrons. The zero-order chi connectivity index (χ0) is 19.1. The van der Waals surface area contributed by atoms with Gasteiger partial charge in [0.05, 0.1) is 11.7 Å². The zero-order valence-corrected chi connectivity index (χ0v) is 15.0. The Morgan fingerprint density at radius 3 is 2.52 bits per heavy atom. The highest BCUT2D eigenvalue weighted by Gasteiger charge is 2.18. The SMILES string of the molecule is Cc1cccc(C(=O)CC(N/N=C(\N)c2ccccn2)c2ccccn2)c1. The Hall–Kier alpha value is -3.54. The lowest BCUT2D eigenvalue weighted by atomic mass is 10.0. The van der Waals surface area contributed by atoms with Crippen molar-refractivity contribution in [2.45, 2.75) is 19.4 Å². The van der Waals surface area contributed by atoms with E-state index in [1.165, 1.54) is 0 Å². The van der Waals surface area contributed by atoms with E-state index in [4.69, 9.17) is 5.73 Å². The van der Waals surface area contributed by atoms with Crippen LogP contribution in [-0.4, -0.2) is 21.6 Å². The molecule has 3 rings (SSSR count). The molecule has 3 N–H and O–H groups in total. The van der Waals surface area contributed by atoms with Gasteiger partial charge in [0.1, 0.15) is 5.69 Å². The predicted molar refractivity (Wildman–Crippen MR) is 105 cm³/mol. The molecule has 0 spiro atoms. The number of hydrazone groups is 1. The number of nitrogens with zero attached hydrogens (tertiary/aromatic N) is 3. The fourth-order valence-electron chi connectivity index (χ4n) is 2.64. The molecule has 1 unspecified atom stereocenters. The van der Waals surface area contributed by atoms with Crippen LogP contribution in [0.4, 0.5) is 0 Å². The third kappa shape index (κ3) is 4.98. The van der Waals surface area contributed by atoms with E-state index in [0.717, 1.165) is 11.3 Å². The van der Waals surface area contributed by atoms with Crippen molar-refractivity contribution in [2.24, 2.45) is 10.8 Å². The molecule has 0 bridgehead atoms. The normalized spacial score (nSPS) is 12.4. The first-order valence-corrected chi connectivity index (χ1v) is 8.64. The third-order valence-electron chi connectivity index (χ3n) is 4.04. The first-order valence-electron chi connectivity index (χ1n) is 8.64. The Balaban J connectivity index is 1.80. The van der Waals surface area contributed by atoms with E-state index >= 15 is 0 Å². The Bertz CT molecular complexity index is 926. The molecule has 1 atom stereocenters. The number of amidine groups is 1. The van der Waals surface area contributed by atoms with E-state index in [2.05, 4.69) is 20.5 Å². The molecule has 0 aliphatic carbocycles. The summed E-state index contributed by atoms with van der Waals surface area (Å²) in [6.07, 6.45) is 3.54. The maximum absolute atomic E-state index is 12.7. The fraction of sp³-hybridized carbons (Fsp3) is 0.143. The van der Waals surface area contributed by atoms with Crippen LogP contribution >= 0.6 is 0 Å². The smallest absolute Gasteiger partial charge is 0.169 e. The molecule has 6 nitrogen and oxygen atoms in total. The fourth-order valence-corrected chi connectivity index (χ4v) is 2.64. The summed E-state index contributed by atoms with van der Waals surface area (Å²) in [4.78, 5) is 21.3. The van der Waals surface area contributed by atoms with Gasteiger partial charge in [0.2, 0.25) is 0 Å². The van der Waals surface area contributed by atoms with E-state index in [1.54, 1.807) is 24.5 Å².